The SMILES string of the molecule is CC.CC.Cc1ccccc1NC(=O)Nc1c(C)c2ccccc2[nH]c1=O. The molecule has 3 rings (SSSR count). The van der Waals surface area contributed by atoms with E-state index in [0.717, 1.165) is 22.0 Å². The normalized spacial score (nSPS) is 9.41. The van der Waals surface area contributed by atoms with Gasteiger partial charge in [-0.05, 0) is 37.1 Å². The largest absolute Gasteiger partial charge is 0.323 e. The fourth-order valence-corrected chi connectivity index (χ4v) is 2.54. The molecule has 0 unspecified atom stereocenters. The Kier molecular flexibility index (Phi) is 8.79. The molecule has 2 aromatic carbocycles. The van der Waals surface area contributed by atoms with Gasteiger partial charge in [0.05, 0.1) is 0 Å². The number of benzene rings is 2. The molecule has 144 valence electrons. The number of carbonyl (C=O) groups excluding carboxylic acids is 1. The van der Waals surface area contributed by atoms with Gasteiger partial charge in [-0.3, -0.25) is 4.79 Å². The van der Waals surface area contributed by atoms with Crippen LogP contribution in [-0.4, -0.2) is 11.0 Å². The van der Waals surface area contributed by atoms with Crippen LogP contribution in [0.1, 0.15) is 38.8 Å². The van der Waals surface area contributed by atoms with Gasteiger partial charge in [-0.1, -0.05) is 64.1 Å². The summed E-state index contributed by atoms with van der Waals surface area (Å²) in [6.07, 6.45) is 0. The number of para-hydroxylation sites is 2. The van der Waals surface area contributed by atoms with Crippen molar-refractivity contribution in [2.75, 3.05) is 10.6 Å². The number of aromatic nitrogens is 1. The number of hydrogen-bond acceptors (Lipinski definition) is 2. The lowest BCUT2D eigenvalue weighted by molar-refractivity contribution is 0.262. The first-order valence-corrected chi connectivity index (χ1v) is 9.31. The molecule has 0 bridgehead atoms. The standard InChI is InChI=1S/C18H17N3O2.2C2H6/c1-11-7-3-5-9-14(11)20-18(23)21-16-12(2)13-8-4-6-10-15(13)19-17(16)22;2*1-2/h3-10H,1-2H3,(H,19,22)(H2,20,21,23);2*1-2H3. The maximum absolute atomic E-state index is 12.2. The van der Waals surface area contributed by atoms with Crippen molar-refractivity contribution in [1.29, 1.82) is 0 Å². The van der Waals surface area contributed by atoms with E-state index in [2.05, 4.69) is 15.6 Å². The quantitative estimate of drug-likeness (QED) is 0.532. The summed E-state index contributed by atoms with van der Waals surface area (Å²) in [5.74, 6) is 0. The molecule has 0 spiro atoms. The van der Waals surface area contributed by atoms with Crippen molar-refractivity contribution in [2.24, 2.45) is 0 Å². The van der Waals surface area contributed by atoms with Crippen LogP contribution in [0.4, 0.5) is 16.2 Å². The first kappa shape index (κ1) is 22.0. The van der Waals surface area contributed by atoms with Crippen molar-refractivity contribution in [3.05, 3.63) is 70.0 Å². The predicted molar refractivity (Wildman–Crippen MR) is 116 cm³/mol. The molecule has 0 aliphatic carbocycles. The molecule has 1 heterocycles. The molecule has 0 saturated heterocycles. The van der Waals surface area contributed by atoms with E-state index < -0.39 is 6.03 Å². The van der Waals surface area contributed by atoms with Crippen LogP contribution in [0, 0.1) is 13.8 Å². The molecule has 2 amide bonds. The minimum atomic E-state index is -0.441. The van der Waals surface area contributed by atoms with E-state index in [-0.39, 0.29) is 11.2 Å². The molecular formula is C22H29N3O2. The number of amides is 2. The van der Waals surface area contributed by atoms with Crippen molar-refractivity contribution < 1.29 is 4.79 Å². The molecule has 0 saturated carbocycles. The van der Waals surface area contributed by atoms with Crippen LogP contribution in [0.2, 0.25) is 0 Å². The molecule has 1 aromatic heterocycles. The molecule has 5 nitrogen and oxygen atoms in total. The number of aromatic amines is 1. The number of aryl methyl sites for hydroxylation is 2. The Labute approximate surface area is 160 Å². The van der Waals surface area contributed by atoms with Crippen LogP contribution >= 0.6 is 0 Å². The van der Waals surface area contributed by atoms with Gasteiger partial charge in [0.25, 0.3) is 5.56 Å². The Morgan fingerprint density at radius 3 is 2.11 bits per heavy atom. The molecule has 3 N–H and O–H groups in total. The second-order valence-electron chi connectivity index (χ2n) is 5.39. The fraction of sp³-hybridized carbons (Fsp3) is 0.273. The Hall–Kier alpha value is -3.08. The van der Waals surface area contributed by atoms with Crippen LogP contribution in [0.3, 0.4) is 0 Å². The average Bonchev–Trinajstić information content (AvgIpc) is 2.70. The second kappa shape index (κ2) is 10.8. The average molecular weight is 367 g/mol. The van der Waals surface area contributed by atoms with Crippen molar-refractivity contribution in [3.8, 4) is 0 Å². The predicted octanol–water partition coefficient (Wildman–Crippen LogP) is 5.84. The van der Waals surface area contributed by atoms with Crippen LogP contribution in [-0.2, 0) is 0 Å². The number of H-pyrrole nitrogens is 1. The third-order valence-electron chi connectivity index (χ3n) is 3.81. The van der Waals surface area contributed by atoms with Gasteiger partial charge in [-0.15, -0.1) is 0 Å². The van der Waals surface area contributed by atoms with Gasteiger partial charge in [0.1, 0.15) is 5.69 Å². The number of carbonyl (C=O) groups is 1. The molecule has 0 radical (unpaired) electrons. The van der Waals surface area contributed by atoms with Crippen molar-refractivity contribution >= 4 is 28.3 Å². The molecule has 5 heteroatoms. The van der Waals surface area contributed by atoms with Gasteiger partial charge < -0.3 is 15.6 Å². The van der Waals surface area contributed by atoms with Gasteiger partial charge in [0.15, 0.2) is 0 Å². The Morgan fingerprint density at radius 1 is 0.852 bits per heavy atom. The van der Waals surface area contributed by atoms with Crippen LogP contribution in [0.15, 0.2) is 53.3 Å². The maximum Gasteiger partial charge on any atom is 0.323 e. The third kappa shape index (κ3) is 5.45. The Morgan fingerprint density at radius 2 is 1.44 bits per heavy atom. The molecular weight excluding hydrogens is 338 g/mol. The molecule has 0 atom stereocenters. The molecule has 27 heavy (non-hydrogen) atoms. The van der Waals surface area contributed by atoms with Crippen molar-refractivity contribution in [3.63, 3.8) is 0 Å². The first-order chi connectivity index (χ1) is 13.1. The van der Waals surface area contributed by atoms with Crippen molar-refractivity contribution in [1.82, 2.24) is 4.98 Å². The number of hydrogen-bond donors (Lipinski definition) is 3. The van der Waals surface area contributed by atoms with E-state index in [1.165, 1.54) is 0 Å². The minimum absolute atomic E-state index is 0.259. The summed E-state index contributed by atoms with van der Waals surface area (Å²) in [6, 6.07) is 14.5. The number of fused-ring (bicyclic) bond motifs is 1. The summed E-state index contributed by atoms with van der Waals surface area (Å²) >= 11 is 0. The van der Waals surface area contributed by atoms with Gasteiger partial charge in [-0.2, -0.15) is 0 Å². The number of pyridine rings is 1. The zero-order valence-electron chi connectivity index (χ0n) is 16.9. The molecule has 3 aromatic rings. The summed E-state index contributed by atoms with van der Waals surface area (Å²) in [4.78, 5) is 27.2. The molecule has 0 aliphatic heterocycles. The lowest BCUT2D eigenvalue weighted by atomic mass is 10.1. The zero-order chi connectivity index (χ0) is 20.4. The van der Waals surface area contributed by atoms with E-state index in [9.17, 15) is 9.59 Å². The molecule has 0 fully saturated rings. The highest BCUT2D eigenvalue weighted by Gasteiger charge is 2.12. The smallest absolute Gasteiger partial charge is 0.320 e. The maximum atomic E-state index is 12.2. The van der Waals surface area contributed by atoms with Gasteiger partial charge >= 0.3 is 6.03 Å². The van der Waals surface area contributed by atoms with E-state index in [1.807, 2.05) is 90.1 Å². The number of rotatable bonds is 2. The number of nitrogens with one attached hydrogen (secondary N) is 3. The topological polar surface area (TPSA) is 74.0 Å². The van der Waals surface area contributed by atoms with E-state index >= 15 is 0 Å². The number of anilines is 2. The summed E-state index contributed by atoms with van der Waals surface area (Å²) in [7, 11) is 0. The monoisotopic (exact) mass is 367 g/mol. The van der Waals surface area contributed by atoms with Crippen LogP contribution in [0.5, 0.6) is 0 Å². The van der Waals surface area contributed by atoms with E-state index in [0.29, 0.717) is 5.69 Å². The highest BCUT2D eigenvalue weighted by Crippen LogP contribution is 2.20. The summed E-state index contributed by atoms with van der Waals surface area (Å²) in [6.45, 7) is 11.7. The molecule has 0 aliphatic rings. The zero-order valence-corrected chi connectivity index (χ0v) is 16.9. The van der Waals surface area contributed by atoms with Crippen molar-refractivity contribution in [2.45, 2.75) is 41.5 Å². The lowest BCUT2D eigenvalue weighted by Crippen LogP contribution is -2.25. The van der Waals surface area contributed by atoms with E-state index in [1.54, 1.807) is 0 Å². The highest BCUT2D eigenvalue weighted by molar-refractivity contribution is 6.02. The summed E-state index contributed by atoms with van der Waals surface area (Å²) in [5.41, 5.74) is 3.09. The van der Waals surface area contributed by atoms with Crippen LogP contribution < -0.4 is 16.2 Å². The van der Waals surface area contributed by atoms with Gasteiger partial charge in [-0.25, -0.2) is 4.79 Å². The Bertz CT molecular complexity index is 946. The number of urea groups is 1. The van der Waals surface area contributed by atoms with Gasteiger partial charge in [0, 0.05) is 16.6 Å². The second-order valence-corrected chi connectivity index (χ2v) is 5.39. The summed E-state index contributed by atoms with van der Waals surface area (Å²) < 4.78 is 0. The first-order valence-electron chi connectivity index (χ1n) is 9.31. The minimum Gasteiger partial charge on any atom is -0.320 e. The van der Waals surface area contributed by atoms with Gasteiger partial charge in [0.2, 0.25) is 0 Å². The Balaban J connectivity index is 0.000000855. The fourth-order valence-electron chi connectivity index (χ4n) is 2.54. The lowest BCUT2D eigenvalue weighted by Gasteiger charge is -2.12. The summed E-state index contributed by atoms with van der Waals surface area (Å²) in [5, 5.41) is 6.31. The highest BCUT2D eigenvalue weighted by atomic mass is 16.2. The van der Waals surface area contributed by atoms with Crippen LogP contribution in [0.25, 0.3) is 10.9 Å². The van der Waals surface area contributed by atoms with E-state index in [4.69, 9.17) is 0 Å². The third-order valence-corrected chi connectivity index (χ3v) is 3.81.